The van der Waals surface area contributed by atoms with Crippen molar-refractivity contribution < 1.29 is 4.79 Å². The lowest BCUT2D eigenvalue weighted by molar-refractivity contribution is 0.0758. The largest absolute Gasteiger partial charge is 0.292 e. The van der Waals surface area contributed by atoms with Gasteiger partial charge < -0.3 is 0 Å². The fraction of sp³-hybridized carbons (Fsp3) is 0.632. The van der Waals surface area contributed by atoms with Crippen LogP contribution in [-0.4, -0.2) is 29.3 Å². The maximum Gasteiger partial charge on any atom is 0.179 e. The molecule has 1 aromatic rings. The van der Waals surface area contributed by atoms with E-state index in [1.807, 2.05) is 12.1 Å². The van der Waals surface area contributed by atoms with E-state index in [0.29, 0.717) is 6.04 Å². The van der Waals surface area contributed by atoms with Crippen LogP contribution in [0, 0.1) is 0 Å². The van der Waals surface area contributed by atoms with E-state index in [9.17, 15) is 4.79 Å². The molecule has 0 aromatic heterocycles. The summed E-state index contributed by atoms with van der Waals surface area (Å²) in [6.45, 7) is 7.54. The summed E-state index contributed by atoms with van der Waals surface area (Å²) in [7, 11) is 0. The van der Waals surface area contributed by atoms with E-state index in [-0.39, 0.29) is 11.8 Å². The lowest BCUT2D eigenvalue weighted by Gasteiger charge is -2.34. The molecule has 1 fully saturated rings. The standard InChI is InChI=1S/C19H29NO/c1-4-16-10-12-17(13-11-16)19(21)15(3)20-14-8-6-7-9-18(20)5-2/h10-13,15,18H,4-9,14H2,1-3H3. The molecule has 2 atom stereocenters. The van der Waals surface area contributed by atoms with Crippen LogP contribution >= 0.6 is 0 Å². The number of aryl methyl sites for hydroxylation is 1. The van der Waals surface area contributed by atoms with Gasteiger partial charge >= 0.3 is 0 Å². The molecule has 21 heavy (non-hydrogen) atoms. The van der Waals surface area contributed by atoms with Gasteiger partial charge in [-0.05, 0) is 44.7 Å². The molecule has 0 N–H and O–H groups in total. The van der Waals surface area contributed by atoms with Crippen molar-refractivity contribution >= 4 is 5.78 Å². The van der Waals surface area contributed by atoms with Gasteiger partial charge in [-0.1, -0.05) is 51.0 Å². The van der Waals surface area contributed by atoms with E-state index < -0.39 is 0 Å². The van der Waals surface area contributed by atoms with Gasteiger partial charge in [-0.3, -0.25) is 9.69 Å². The van der Waals surface area contributed by atoms with Crippen LogP contribution < -0.4 is 0 Å². The third-order valence-corrected chi connectivity index (χ3v) is 4.92. The van der Waals surface area contributed by atoms with Crippen LogP contribution in [0.15, 0.2) is 24.3 Å². The molecule has 1 aliphatic rings. The smallest absolute Gasteiger partial charge is 0.179 e. The predicted octanol–water partition coefficient (Wildman–Crippen LogP) is 4.47. The van der Waals surface area contributed by atoms with Crippen molar-refractivity contribution in [1.29, 1.82) is 0 Å². The van der Waals surface area contributed by atoms with Crippen molar-refractivity contribution in [2.24, 2.45) is 0 Å². The minimum Gasteiger partial charge on any atom is -0.292 e. The maximum atomic E-state index is 12.8. The van der Waals surface area contributed by atoms with Crippen molar-refractivity contribution in [2.45, 2.75) is 71.4 Å². The van der Waals surface area contributed by atoms with Crippen molar-refractivity contribution in [1.82, 2.24) is 4.90 Å². The summed E-state index contributed by atoms with van der Waals surface area (Å²) >= 11 is 0. The lowest BCUT2D eigenvalue weighted by Crippen LogP contribution is -2.45. The monoisotopic (exact) mass is 287 g/mol. The minimum absolute atomic E-state index is 0.000488. The third kappa shape index (κ3) is 3.94. The average molecular weight is 287 g/mol. The Labute approximate surface area is 129 Å². The second-order valence-corrected chi connectivity index (χ2v) is 6.24. The molecule has 0 amide bonds. The highest BCUT2D eigenvalue weighted by molar-refractivity contribution is 5.99. The number of ketones is 1. The molecule has 1 aliphatic heterocycles. The Morgan fingerprint density at radius 3 is 2.52 bits per heavy atom. The second kappa shape index (κ2) is 7.74. The van der Waals surface area contributed by atoms with Gasteiger partial charge in [-0.25, -0.2) is 0 Å². The first-order valence-corrected chi connectivity index (χ1v) is 8.56. The van der Waals surface area contributed by atoms with E-state index in [1.54, 1.807) is 0 Å². The Morgan fingerprint density at radius 1 is 1.19 bits per heavy atom. The molecule has 0 radical (unpaired) electrons. The van der Waals surface area contributed by atoms with E-state index in [1.165, 1.54) is 31.2 Å². The summed E-state index contributed by atoms with van der Waals surface area (Å²) in [5.41, 5.74) is 2.15. The lowest BCUT2D eigenvalue weighted by atomic mass is 9.99. The topological polar surface area (TPSA) is 20.3 Å². The summed E-state index contributed by atoms with van der Waals surface area (Å²) in [5, 5.41) is 0. The van der Waals surface area contributed by atoms with E-state index in [2.05, 4.69) is 37.8 Å². The molecular weight excluding hydrogens is 258 g/mol. The molecule has 0 spiro atoms. The van der Waals surface area contributed by atoms with Crippen LogP contribution in [0.25, 0.3) is 0 Å². The number of carbonyl (C=O) groups excluding carboxylic acids is 1. The molecule has 2 heteroatoms. The Morgan fingerprint density at radius 2 is 1.90 bits per heavy atom. The van der Waals surface area contributed by atoms with Gasteiger partial charge in [0, 0.05) is 11.6 Å². The summed E-state index contributed by atoms with van der Waals surface area (Å²) < 4.78 is 0. The zero-order valence-corrected chi connectivity index (χ0v) is 13.8. The molecule has 2 unspecified atom stereocenters. The van der Waals surface area contributed by atoms with Crippen LogP contribution in [0.3, 0.4) is 0 Å². The number of nitrogens with zero attached hydrogens (tertiary/aromatic N) is 1. The first kappa shape index (κ1) is 16.2. The first-order valence-electron chi connectivity index (χ1n) is 8.56. The molecule has 116 valence electrons. The van der Waals surface area contributed by atoms with Crippen molar-refractivity contribution in [3.63, 3.8) is 0 Å². The SMILES string of the molecule is CCc1ccc(C(=O)C(C)N2CCCCCC2CC)cc1. The second-order valence-electron chi connectivity index (χ2n) is 6.24. The van der Waals surface area contributed by atoms with Gasteiger partial charge in [0.15, 0.2) is 5.78 Å². The van der Waals surface area contributed by atoms with Crippen LogP contribution in [-0.2, 0) is 6.42 Å². The molecule has 2 rings (SSSR count). The number of hydrogen-bond acceptors (Lipinski definition) is 2. The Kier molecular flexibility index (Phi) is 5.98. The quantitative estimate of drug-likeness (QED) is 0.744. The van der Waals surface area contributed by atoms with Crippen LogP contribution in [0.4, 0.5) is 0 Å². The zero-order valence-electron chi connectivity index (χ0n) is 13.8. The van der Waals surface area contributed by atoms with Crippen molar-refractivity contribution in [3.05, 3.63) is 35.4 Å². The van der Waals surface area contributed by atoms with Gasteiger partial charge in [-0.2, -0.15) is 0 Å². The Hall–Kier alpha value is -1.15. The molecule has 0 aliphatic carbocycles. The Balaban J connectivity index is 2.12. The minimum atomic E-state index is 0.000488. The first-order chi connectivity index (χ1) is 10.2. The molecule has 0 saturated carbocycles. The van der Waals surface area contributed by atoms with Gasteiger partial charge in [0.05, 0.1) is 6.04 Å². The summed E-state index contributed by atoms with van der Waals surface area (Å²) in [6, 6.07) is 8.73. The number of carbonyl (C=O) groups is 1. The predicted molar refractivity (Wildman–Crippen MR) is 88.9 cm³/mol. The molecular formula is C19H29NO. The van der Waals surface area contributed by atoms with E-state index in [4.69, 9.17) is 0 Å². The van der Waals surface area contributed by atoms with Crippen LogP contribution in [0.1, 0.15) is 68.8 Å². The highest BCUT2D eigenvalue weighted by Crippen LogP contribution is 2.23. The molecule has 1 aromatic carbocycles. The third-order valence-electron chi connectivity index (χ3n) is 4.92. The van der Waals surface area contributed by atoms with Gasteiger partial charge in [0.25, 0.3) is 0 Å². The fourth-order valence-electron chi connectivity index (χ4n) is 3.44. The summed E-state index contributed by atoms with van der Waals surface area (Å²) in [4.78, 5) is 15.2. The number of benzene rings is 1. The van der Waals surface area contributed by atoms with Crippen LogP contribution in [0.2, 0.25) is 0 Å². The Bertz CT molecular complexity index is 451. The van der Waals surface area contributed by atoms with Crippen LogP contribution in [0.5, 0.6) is 0 Å². The highest BCUT2D eigenvalue weighted by Gasteiger charge is 2.28. The summed E-state index contributed by atoms with van der Waals surface area (Å²) in [6.07, 6.45) is 7.24. The zero-order chi connectivity index (χ0) is 15.2. The van der Waals surface area contributed by atoms with Crippen molar-refractivity contribution in [2.75, 3.05) is 6.54 Å². The molecule has 2 nitrogen and oxygen atoms in total. The summed E-state index contributed by atoms with van der Waals surface area (Å²) in [5.74, 6) is 0.276. The number of Topliss-reactive ketones (excluding diaryl/α,β-unsaturated/α-hetero) is 1. The van der Waals surface area contributed by atoms with E-state index >= 15 is 0 Å². The van der Waals surface area contributed by atoms with Gasteiger partial charge in [0.1, 0.15) is 0 Å². The molecule has 1 heterocycles. The molecule has 0 bridgehead atoms. The van der Waals surface area contributed by atoms with E-state index in [0.717, 1.165) is 24.9 Å². The maximum absolute atomic E-state index is 12.8. The average Bonchev–Trinajstić information content (AvgIpc) is 2.78. The number of likely N-dealkylation sites (tertiary alicyclic amines) is 1. The molecule has 1 saturated heterocycles. The van der Waals surface area contributed by atoms with Gasteiger partial charge in [-0.15, -0.1) is 0 Å². The fourth-order valence-corrected chi connectivity index (χ4v) is 3.44. The number of hydrogen-bond donors (Lipinski definition) is 0. The number of rotatable bonds is 5. The normalized spacial score (nSPS) is 21.8. The highest BCUT2D eigenvalue weighted by atomic mass is 16.1. The van der Waals surface area contributed by atoms with Crippen molar-refractivity contribution in [3.8, 4) is 0 Å². The van der Waals surface area contributed by atoms with Gasteiger partial charge in [0.2, 0.25) is 0 Å².